The number of nitrogens with zero attached hydrogens (tertiary/aromatic N) is 1. The first-order valence-corrected chi connectivity index (χ1v) is 8.27. The molecule has 1 heterocycles. The molecule has 0 fully saturated rings. The van der Waals surface area contributed by atoms with Gasteiger partial charge in [-0.1, -0.05) is 11.6 Å². The maximum absolute atomic E-state index is 12.0. The van der Waals surface area contributed by atoms with Crippen molar-refractivity contribution in [2.45, 2.75) is 4.90 Å². The first-order valence-electron chi connectivity index (χ1n) is 6.41. The molecule has 2 rings (SSSR count). The van der Waals surface area contributed by atoms with E-state index in [4.69, 9.17) is 16.3 Å². The number of hydrogen-bond donors (Lipinski definition) is 1. The molecule has 1 N–H and O–H groups in total. The van der Waals surface area contributed by atoms with Crippen molar-refractivity contribution in [3.05, 3.63) is 59.4 Å². The van der Waals surface area contributed by atoms with E-state index in [-0.39, 0.29) is 4.90 Å². The van der Waals surface area contributed by atoms with Crippen LogP contribution in [0.2, 0.25) is 5.02 Å². The molecule has 0 bridgehead atoms. The Kier molecular flexibility index (Phi) is 5.36. The van der Waals surface area contributed by atoms with Gasteiger partial charge in [0.25, 0.3) is 15.9 Å². The van der Waals surface area contributed by atoms with Crippen LogP contribution in [0.5, 0.6) is 5.75 Å². The van der Waals surface area contributed by atoms with Crippen LogP contribution in [0.4, 0.5) is 0 Å². The van der Waals surface area contributed by atoms with Gasteiger partial charge in [0.05, 0.1) is 7.11 Å². The Morgan fingerprint density at radius 3 is 2.78 bits per heavy atom. The number of pyridine rings is 1. The number of carbonyl (C=O) groups is 1. The van der Waals surface area contributed by atoms with E-state index in [1.165, 1.54) is 31.5 Å². The molecule has 0 radical (unpaired) electrons. The van der Waals surface area contributed by atoms with Gasteiger partial charge >= 0.3 is 0 Å². The van der Waals surface area contributed by atoms with Gasteiger partial charge < -0.3 is 4.74 Å². The number of methoxy groups -OCH3 is 1. The summed E-state index contributed by atoms with van der Waals surface area (Å²) in [6.45, 7) is 0. The van der Waals surface area contributed by atoms with Crippen molar-refractivity contribution in [1.29, 1.82) is 0 Å². The van der Waals surface area contributed by atoms with Gasteiger partial charge in [-0.15, -0.1) is 0 Å². The first-order chi connectivity index (χ1) is 10.9. The second-order valence-corrected chi connectivity index (χ2v) is 6.50. The Bertz CT molecular complexity index is 836. The number of sulfonamides is 1. The van der Waals surface area contributed by atoms with E-state index >= 15 is 0 Å². The zero-order valence-electron chi connectivity index (χ0n) is 12.1. The van der Waals surface area contributed by atoms with Gasteiger partial charge in [0.15, 0.2) is 0 Å². The number of halogens is 1. The van der Waals surface area contributed by atoms with Gasteiger partial charge in [-0.25, -0.2) is 13.1 Å². The number of nitrogens with one attached hydrogen (secondary N) is 1. The summed E-state index contributed by atoms with van der Waals surface area (Å²) in [6, 6.07) is 7.69. The van der Waals surface area contributed by atoms with Crippen LogP contribution in [0, 0.1) is 0 Å². The number of rotatable bonds is 5. The van der Waals surface area contributed by atoms with E-state index in [1.807, 2.05) is 4.72 Å². The summed E-state index contributed by atoms with van der Waals surface area (Å²) < 4.78 is 31.0. The summed E-state index contributed by atoms with van der Waals surface area (Å²) in [4.78, 5) is 15.4. The molecule has 120 valence electrons. The molecule has 0 saturated carbocycles. The SMILES string of the molecule is COc1ccc(Cl)cc1C=CC(=O)NS(=O)(=O)c1cccnc1. The predicted molar refractivity (Wildman–Crippen MR) is 86.6 cm³/mol. The van der Waals surface area contributed by atoms with Crippen LogP contribution >= 0.6 is 11.6 Å². The molecular formula is C15H13ClN2O4S. The maximum Gasteiger partial charge on any atom is 0.265 e. The lowest BCUT2D eigenvalue weighted by atomic mass is 10.2. The van der Waals surface area contributed by atoms with Gasteiger partial charge in [0, 0.05) is 29.1 Å². The number of hydrogen-bond acceptors (Lipinski definition) is 5. The molecule has 0 saturated heterocycles. The molecule has 1 amide bonds. The zero-order chi connectivity index (χ0) is 16.9. The van der Waals surface area contributed by atoms with Crippen molar-refractivity contribution in [2.75, 3.05) is 7.11 Å². The molecular weight excluding hydrogens is 340 g/mol. The predicted octanol–water partition coefficient (Wildman–Crippen LogP) is 2.26. The minimum Gasteiger partial charge on any atom is -0.496 e. The third-order valence-corrected chi connectivity index (χ3v) is 4.35. The highest BCUT2D eigenvalue weighted by Crippen LogP contribution is 2.23. The van der Waals surface area contributed by atoms with Crippen LogP contribution in [0.15, 0.2) is 53.7 Å². The summed E-state index contributed by atoms with van der Waals surface area (Å²) in [5.74, 6) is -0.288. The van der Waals surface area contributed by atoms with E-state index in [0.29, 0.717) is 16.3 Å². The number of aromatic nitrogens is 1. The summed E-state index contributed by atoms with van der Waals surface area (Å²) >= 11 is 5.88. The Morgan fingerprint density at radius 2 is 2.13 bits per heavy atom. The molecule has 2 aromatic rings. The van der Waals surface area contributed by atoms with E-state index < -0.39 is 15.9 Å². The second-order valence-electron chi connectivity index (χ2n) is 4.38. The van der Waals surface area contributed by atoms with Crippen LogP contribution in [-0.2, 0) is 14.8 Å². The van der Waals surface area contributed by atoms with Gasteiger partial charge in [-0.3, -0.25) is 9.78 Å². The van der Waals surface area contributed by atoms with Crippen molar-refractivity contribution in [2.24, 2.45) is 0 Å². The highest BCUT2D eigenvalue weighted by Gasteiger charge is 2.16. The smallest absolute Gasteiger partial charge is 0.265 e. The highest BCUT2D eigenvalue weighted by molar-refractivity contribution is 7.90. The van der Waals surface area contributed by atoms with Crippen molar-refractivity contribution in [3.63, 3.8) is 0 Å². The largest absolute Gasteiger partial charge is 0.496 e. The first kappa shape index (κ1) is 17.0. The van der Waals surface area contributed by atoms with Crippen LogP contribution in [0.25, 0.3) is 6.08 Å². The van der Waals surface area contributed by atoms with E-state index in [1.54, 1.807) is 18.2 Å². The van der Waals surface area contributed by atoms with Crippen molar-refractivity contribution in [3.8, 4) is 5.75 Å². The van der Waals surface area contributed by atoms with Gasteiger partial charge in [0.2, 0.25) is 0 Å². The topological polar surface area (TPSA) is 85.4 Å². The van der Waals surface area contributed by atoms with Gasteiger partial charge in [-0.2, -0.15) is 0 Å². The molecule has 0 spiro atoms. The standard InChI is InChI=1S/C15H13ClN2O4S/c1-22-14-6-5-12(16)9-11(14)4-7-15(19)18-23(20,21)13-3-2-8-17-10-13/h2-10H,1H3,(H,18,19). The lowest BCUT2D eigenvalue weighted by molar-refractivity contribution is -0.114. The highest BCUT2D eigenvalue weighted by atomic mass is 35.5. The Hall–Kier alpha value is -2.38. The maximum atomic E-state index is 12.0. The average Bonchev–Trinajstić information content (AvgIpc) is 2.53. The minimum atomic E-state index is -3.96. The minimum absolute atomic E-state index is 0.0953. The van der Waals surface area contributed by atoms with Crippen molar-refractivity contribution >= 4 is 33.6 Å². The molecule has 1 aromatic heterocycles. The van der Waals surface area contributed by atoms with Gasteiger partial charge in [-0.05, 0) is 36.4 Å². The molecule has 8 heteroatoms. The Labute approximate surface area is 138 Å². The molecule has 0 aliphatic heterocycles. The van der Waals surface area contributed by atoms with E-state index in [2.05, 4.69) is 4.98 Å². The molecule has 0 aliphatic rings. The van der Waals surface area contributed by atoms with E-state index in [9.17, 15) is 13.2 Å². The molecule has 23 heavy (non-hydrogen) atoms. The Balaban J connectivity index is 2.15. The summed E-state index contributed by atoms with van der Waals surface area (Å²) in [6.07, 6.45) is 5.09. The fourth-order valence-corrected chi connectivity index (χ4v) is 2.82. The molecule has 0 unspecified atom stereocenters. The number of benzene rings is 1. The van der Waals surface area contributed by atoms with Crippen LogP contribution in [0.3, 0.4) is 0 Å². The van der Waals surface area contributed by atoms with E-state index in [0.717, 1.165) is 12.3 Å². The summed E-state index contributed by atoms with van der Waals surface area (Å²) in [5, 5.41) is 0.467. The lowest BCUT2D eigenvalue weighted by Crippen LogP contribution is -2.29. The van der Waals surface area contributed by atoms with Gasteiger partial charge in [0.1, 0.15) is 10.6 Å². The van der Waals surface area contributed by atoms with Crippen molar-refractivity contribution < 1.29 is 17.9 Å². The summed E-state index contributed by atoms with van der Waals surface area (Å²) in [5.41, 5.74) is 0.550. The third kappa shape index (κ3) is 4.54. The van der Waals surface area contributed by atoms with Crippen molar-refractivity contribution in [1.82, 2.24) is 9.71 Å². The molecule has 6 nitrogen and oxygen atoms in total. The van der Waals surface area contributed by atoms with Crippen LogP contribution < -0.4 is 9.46 Å². The molecule has 1 aromatic carbocycles. The molecule has 0 atom stereocenters. The lowest BCUT2D eigenvalue weighted by Gasteiger charge is -2.05. The quantitative estimate of drug-likeness (QED) is 0.834. The second kappa shape index (κ2) is 7.26. The fraction of sp³-hybridized carbons (Fsp3) is 0.0667. The number of ether oxygens (including phenoxy) is 1. The van der Waals surface area contributed by atoms with Crippen LogP contribution in [-0.4, -0.2) is 26.4 Å². The molecule has 0 aliphatic carbocycles. The summed E-state index contributed by atoms with van der Waals surface area (Å²) in [7, 11) is -2.48. The third-order valence-electron chi connectivity index (χ3n) is 2.79. The monoisotopic (exact) mass is 352 g/mol. The average molecular weight is 353 g/mol. The number of carbonyl (C=O) groups excluding carboxylic acids is 1. The zero-order valence-corrected chi connectivity index (χ0v) is 13.6. The van der Waals surface area contributed by atoms with Crippen LogP contribution in [0.1, 0.15) is 5.56 Å². The normalized spacial score (nSPS) is 11.4. The fourth-order valence-electron chi connectivity index (χ4n) is 1.73. The Morgan fingerprint density at radius 1 is 1.35 bits per heavy atom. The number of amides is 1.